The average molecular weight is 276 g/mol. The number of rotatable bonds is 3. The van der Waals surface area contributed by atoms with E-state index in [2.05, 4.69) is 9.88 Å². The molecule has 3 rings (SSSR count). The third-order valence-electron chi connectivity index (χ3n) is 4.64. The Kier molecular flexibility index (Phi) is 3.54. The van der Waals surface area contributed by atoms with Crippen LogP contribution in [0.5, 0.6) is 0 Å². The van der Waals surface area contributed by atoms with Gasteiger partial charge in [-0.15, -0.1) is 0 Å². The second-order valence-corrected chi connectivity index (χ2v) is 6.22. The van der Waals surface area contributed by atoms with E-state index in [9.17, 15) is 5.11 Å². The zero-order valence-corrected chi connectivity index (χ0v) is 12.3. The minimum Gasteiger partial charge on any atom is -0.391 e. The number of likely N-dealkylation sites (N-methyl/N-ethyl adjacent to an activating group) is 1. The SMILES string of the molecule is Cc1c(N)nc(C2CC2)nc1N(C)C1CCCCC1O. The molecule has 5 heteroatoms. The summed E-state index contributed by atoms with van der Waals surface area (Å²) >= 11 is 0. The summed E-state index contributed by atoms with van der Waals surface area (Å²) in [7, 11) is 2.02. The van der Waals surface area contributed by atoms with Crippen LogP contribution in [0.15, 0.2) is 0 Å². The number of aliphatic hydroxyl groups is 1. The first-order valence-corrected chi connectivity index (χ1v) is 7.63. The van der Waals surface area contributed by atoms with E-state index in [-0.39, 0.29) is 12.1 Å². The number of nitrogens with zero attached hydrogens (tertiary/aromatic N) is 3. The van der Waals surface area contributed by atoms with Gasteiger partial charge in [0.05, 0.1) is 12.1 Å². The molecular formula is C15H24N4O. The van der Waals surface area contributed by atoms with E-state index in [1.54, 1.807) is 0 Å². The summed E-state index contributed by atoms with van der Waals surface area (Å²) in [6.07, 6.45) is 6.23. The van der Waals surface area contributed by atoms with Crippen LogP contribution in [0.25, 0.3) is 0 Å². The van der Waals surface area contributed by atoms with E-state index >= 15 is 0 Å². The van der Waals surface area contributed by atoms with Crippen molar-refractivity contribution in [2.75, 3.05) is 17.7 Å². The van der Waals surface area contributed by atoms with E-state index < -0.39 is 0 Å². The van der Waals surface area contributed by atoms with Crippen molar-refractivity contribution in [1.29, 1.82) is 0 Å². The first-order chi connectivity index (χ1) is 9.58. The van der Waals surface area contributed by atoms with Crippen molar-refractivity contribution >= 4 is 11.6 Å². The van der Waals surface area contributed by atoms with Gasteiger partial charge < -0.3 is 15.7 Å². The van der Waals surface area contributed by atoms with Crippen LogP contribution < -0.4 is 10.6 Å². The molecule has 0 aliphatic heterocycles. The van der Waals surface area contributed by atoms with Crippen LogP contribution in [0, 0.1) is 6.92 Å². The topological polar surface area (TPSA) is 75.3 Å². The minimum atomic E-state index is -0.270. The molecule has 3 N–H and O–H groups in total. The maximum absolute atomic E-state index is 10.2. The molecule has 2 unspecified atom stereocenters. The van der Waals surface area contributed by atoms with Gasteiger partial charge in [0.1, 0.15) is 17.5 Å². The Bertz CT molecular complexity index is 501. The summed E-state index contributed by atoms with van der Waals surface area (Å²) in [5, 5.41) is 10.2. The van der Waals surface area contributed by atoms with Crippen molar-refractivity contribution < 1.29 is 5.11 Å². The Hall–Kier alpha value is -1.36. The van der Waals surface area contributed by atoms with Crippen molar-refractivity contribution in [3.63, 3.8) is 0 Å². The second kappa shape index (κ2) is 5.20. The average Bonchev–Trinajstić information content (AvgIpc) is 3.26. The van der Waals surface area contributed by atoms with Crippen molar-refractivity contribution in [3.05, 3.63) is 11.4 Å². The van der Waals surface area contributed by atoms with Gasteiger partial charge in [-0.3, -0.25) is 0 Å². The monoisotopic (exact) mass is 276 g/mol. The third-order valence-corrected chi connectivity index (χ3v) is 4.64. The summed E-state index contributed by atoms with van der Waals surface area (Å²) in [5.41, 5.74) is 6.97. The van der Waals surface area contributed by atoms with Crippen LogP contribution in [0.2, 0.25) is 0 Å². The molecule has 1 heterocycles. The quantitative estimate of drug-likeness (QED) is 0.883. The van der Waals surface area contributed by atoms with Gasteiger partial charge in [0.15, 0.2) is 0 Å². The summed E-state index contributed by atoms with van der Waals surface area (Å²) in [6, 6.07) is 0.142. The van der Waals surface area contributed by atoms with Crippen molar-refractivity contribution in [3.8, 4) is 0 Å². The molecule has 0 amide bonds. The van der Waals surface area contributed by atoms with Gasteiger partial charge in [0.25, 0.3) is 0 Å². The van der Waals surface area contributed by atoms with Gasteiger partial charge in [-0.05, 0) is 32.6 Å². The molecule has 2 aliphatic carbocycles. The van der Waals surface area contributed by atoms with E-state index in [0.29, 0.717) is 11.7 Å². The van der Waals surface area contributed by atoms with Gasteiger partial charge in [-0.1, -0.05) is 12.8 Å². The lowest BCUT2D eigenvalue weighted by Gasteiger charge is -2.36. The maximum atomic E-state index is 10.2. The second-order valence-electron chi connectivity index (χ2n) is 6.22. The summed E-state index contributed by atoms with van der Waals surface area (Å²) in [5.74, 6) is 2.83. The molecule has 5 nitrogen and oxygen atoms in total. The van der Waals surface area contributed by atoms with E-state index in [0.717, 1.165) is 49.3 Å². The Morgan fingerprint density at radius 1 is 1.15 bits per heavy atom. The Morgan fingerprint density at radius 3 is 2.50 bits per heavy atom. The van der Waals surface area contributed by atoms with Crippen molar-refractivity contribution in [1.82, 2.24) is 9.97 Å². The summed E-state index contributed by atoms with van der Waals surface area (Å²) < 4.78 is 0. The lowest BCUT2D eigenvalue weighted by molar-refractivity contribution is 0.106. The summed E-state index contributed by atoms with van der Waals surface area (Å²) in [6.45, 7) is 1.97. The highest BCUT2D eigenvalue weighted by molar-refractivity contribution is 5.57. The van der Waals surface area contributed by atoms with Gasteiger partial charge in [0, 0.05) is 18.5 Å². The number of nitrogen functional groups attached to an aromatic ring is 1. The third kappa shape index (κ3) is 2.46. The van der Waals surface area contributed by atoms with Crippen LogP contribution >= 0.6 is 0 Å². The van der Waals surface area contributed by atoms with Gasteiger partial charge in [-0.2, -0.15) is 0 Å². The van der Waals surface area contributed by atoms with Crippen LogP contribution in [-0.2, 0) is 0 Å². The molecule has 20 heavy (non-hydrogen) atoms. The molecule has 0 bridgehead atoms. The fourth-order valence-electron chi connectivity index (χ4n) is 3.11. The van der Waals surface area contributed by atoms with Crippen LogP contribution in [0.4, 0.5) is 11.6 Å². The predicted octanol–water partition coefficient (Wildman–Crippen LogP) is 1.98. The standard InChI is InChI=1S/C15H24N4O/c1-9-13(16)17-14(10-7-8-10)18-15(9)19(2)11-5-3-4-6-12(11)20/h10-12,20H,3-8H2,1-2H3,(H2,16,17,18). The van der Waals surface area contributed by atoms with Crippen LogP contribution in [-0.4, -0.2) is 34.3 Å². The Balaban J connectivity index is 1.91. The normalized spacial score (nSPS) is 26.6. The molecule has 1 aromatic rings. The lowest BCUT2D eigenvalue weighted by Crippen LogP contribution is -2.44. The highest BCUT2D eigenvalue weighted by Gasteiger charge is 2.31. The molecule has 0 aromatic carbocycles. The fraction of sp³-hybridized carbons (Fsp3) is 0.733. The first-order valence-electron chi connectivity index (χ1n) is 7.63. The van der Waals surface area contributed by atoms with E-state index in [1.165, 1.54) is 6.42 Å². The molecule has 2 saturated carbocycles. The molecule has 0 spiro atoms. The number of hydrogen-bond acceptors (Lipinski definition) is 5. The lowest BCUT2D eigenvalue weighted by atomic mass is 9.91. The number of hydrogen-bond donors (Lipinski definition) is 2. The molecule has 2 fully saturated rings. The molecular weight excluding hydrogens is 252 g/mol. The number of aromatic nitrogens is 2. The zero-order valence-electron chi connectivity index (χ0n) is 12.3. The van der Waals surface area contributed by atoms with E-state index in [1.807, 2.05) is 14.0 Å². The van der Waals surface area contributed by atoms with Gasteiger partial charge in [0.2, 0.25) is 0 Å². The number of aliphatic hydroxyl groups excluding tert-OH is 1. The maximum Gasteiger partial charge on any atom is 0.137 e. The van der Waals surface area contributed by atoms with Crippen LogP contribution in [0.3, 0.4) is 0 Å². The molecule has 2 aliphatic rings. The van der Waals surface area contributed by atoms with Crippen molar-refractivity contribution in [2.45, 2.75) is 63.5 Å². The van der Waals surface area contributed by atoms with Gasteiger partial charge in [-0.25, -0.2) is 9.97 Å². The Labute approximate surface area is 120 Å². The van der Waals surface area contributed by atoms with E-state index in [4.69, 9.17) is 10.7 Å². The van der Waals surface area contributed by atoms with Crippen molar-refractivity contribution in [2.24, 2.45) is 0 Å². The largest absolute Gasteiger partial charge is 0.391 e. The molecule has 2 atom stereocenters. The molecule has 110 valence electrons. The highest BCUT2D eigenvalue weighted by atomic mass is 16.3. The zero-order chi connectivity index (χ0) is 14.3. The number of anilines is 2. The fourth-order valence-corrected chi connectivity index (χ4v) is 3.11. The minimum absolute atomic E-state index is 0.142. The summed E-state index contributed by atoms with van der Waals surface area (Å²) in [4.78, 5) is 11.3. The highest BCUT2D eigenvalue weighted by Crippen LogP contribution is 2.40. The molecule has 0 saturated heterocycles. The molecule has 1 aromatic heterocycles. The first kappa shape index (κ1) is 13.6. The van der Waals surface area contributed by atoms with Crippen LogP contribution in [0.1, 0.15) is 55.8 Å². The van der Waals surface area contributed by atoms with Gasteiger partial charge >= 0.3 is 0 Å². The molecule has 0 radical (unpaired) electrons. The predicted molar refractivity (Wildman–Crippen MR) is 79.8 cm³/mol. The smallest absolute Gasteiger partial charge is 0.137 e. The Morgan fingerprint density at radius 2 is 1.85 bits per heavy atom. The number of nitrogens with two attached hydrogens (primary N) is 1.